The molecule has 4 nitrogen and oxygen atoms in total. The third kappa shape index (κ3) is 2.99. The molecule has 2 aliphatic carbocycles. The van der Waals surface area contributed by atoms with Crippen molar-refractivity contribution in [2.45, 2.75) is 45.1 Å². The van der Waals surface area contributed by atoms with Crippen LogP contribution in [0.1, 0.15) is 38.2 Å². The number of aromatic hydroxyl groups is 2. The fraction of sp³-hybridized carbons (Fsp3) is 0.588. The lowest BCUT2D eigenvalue weighted by Gasteiger charge is -2.28. The molecule has 3 N–H and O–H groups in total. The molecule has 4 atom stereocenters. The topological polar surface area (TPSA) is 69.6 Å². The molecule has 114 valence electrons. The Balaban J connectivity index is 1.55. The van der Waals surface area contributed by atoms with Crippen LogP contribution in [0.15, 0.2) is 18.2 Å². The molecular formula is C17H23NO3. The van der Waals surface area contributed by atoms with Crippen molar-refractivity contribution in [2.24, 2.45) is 17.8 Å². The van der Waals surface area contributed by atoms with Crippen molar-refractivity contribution in [3.05, 3.63) is 23.8 Å². The average molecular weight is 289 g/mol. The van der Waals surface area contributed by atoms with Gasteiger partial charge in [-0.1, -0.05) is 12.5 Å². The molecule has 2 saturated carbocycles. The second-order valence-corrected chi connectivity index (χ2v) is 6.69. The maximum absolute atomic E-state index is 12.1. The number of carbonyl (C=O) groups excluding carboxylic acids is 1. The number of nitrogens with one attached hydrogen (secondary N) is 1. The summed E-state index contributed by atoms with van der Waals surface area (Å²) in [5.74, 6) is 1.95. The summed E-state index contributed by atoms with van der Waals surface area (Å²) in [6, 6.07) is 4.74. The molecule has 1 amide bonds. The van der Waals surface area contributed by atoms with Gasteiger partial charge in [-0.15, -0.1) is 0 Å². The summed E-state index contributed by atoms with van der Waals surface area (Å²) < 4.78 is 0. The Bertz CT molecular complexity index is 543. The first-order valence-corrected chi connectivity index (χ1v) is 7.83. The SMILES string of the molecule is CC(NC(=O)Cc1ccc(O)c(O)c1)C1CC2CCC1C2. The van der Waals surface area contributed by atoms with Gasteiger partial charge >= 0.3 is 0 Å². The van der Waals surface area contributed by atoms with E-state index >= 15 is 0 Å². The quantitative estimate of drug-likeness (QED) is 0.746. The summed E-state index contributed by atoms with van der Waals surface area (Å²) in [6.45, 7) is 2.11. The van der Waals surface area contributed by atoms with E-state index in [4.69, 9.17) is 0 Å². The standard InChI is InChI=1S/C17H23NO3/c1-10(14-7-11-2-4-13(14)6-11)18-17(21)9-12-3-5-15(19)16(20)8-12/h3,5,8,10-11,13-14,19-20H,2,4,6-7,9H2,1H3,(H,18,21). The van der Waals surface area contributed by atoms with Crippen molar-refractivity contribution in [1.29, 1.82) is 0 Å². The van der Waals surface area contributed by atoms with Crippen molar-refractivity contribution in [1.82, 2.24) is 5.32 Å². The van der Waals surface area contributed by atoms with Gasteiger partial charge in [-0.2, -0.15) is 0 Å². The summed E-state index contributed by atoms with van der Waals surface area (Å²) in [5, 5.41) is 21.8. The van der Waals surface area contributed by atoms with Crippen LogP contribution in [0.25, 0.3) is 0 Å². The van der Waals surface area contributed by atoms with Gasteiger partial charge in [0.15, 0.2) is 11.5 Å². The number of amides is 1. The maximum Gasteiger partial charge on any atom is 0.224 e. The fourth-order valence-corrected chi connectivity index (χ4v) is 4.18. The van der Waals surface area contributed by atoms with E-state index in [1.807, 2.05) is 0 Å². The van der Waals surface area contributed by atoms with Crippen LogP contribution in [0.2, 0.25) is 0 Å². The molecular weight excluding hydrogens is 266 g/mol. The van der Waals surface area contributed by atoms with Gasteiger partial charge in [-0.25, -0.2) is 0 Å². The van der Waals surface area contributed by atoms with Crippen molar-refractivity contribution in [3.63, 3.8) is 0 Å². The number of phenolic OH excluding ortho intramolecular Hbond substituents is 2. The van der Waals surface area contributed by atoms with E-state index in [-0.39, 0.29) is 29.9 Å². The summed E-state index contributed by atoms with van der Waals surface area (Å²) in [4.78, 5) is 12.1. The number of benzene rings is 1. The average Bonchev–Trinajstić information content (AvgIpc) is 3.05. The molecule has 2 fully saturated rings. The van der Waals surface area contributed by atoms with E-state index in [0.717, 1.165) is 11.8 Å². The summed E-state index contributed by atoms with van der Waals surface area (Å²) >= 11 is 0. The van der Waals surface area contributed by atoms with Gasteiger partial charge in [0, 0.05) is 6.04 Å². The van der Waals surface area contributed by atoms with Gasteiger partial charge in [0.2, 0.25) is 5.91 Å². The van der Waals surface area contributed by atoms with Crippen LogP contribution in [0.4, 0.5) is 0 Å². The van der Waals surface area contributed by atoms with Gasteiger partial charge in [0.1, 0.15) is 0 Å². The Labute approximate surface area is 125 Å². The third-order valence-electron chi connectivity index (χ3n) is 5.23. The molecule has 4 unspecified atom stereocenters. The Hall–Kier alpha value is -1.71. The first kappa shape index (κ1) is 14.2. The molecule has 2 bridgehead atoms. The molecule has 0 saturated heterocycles. The number of rotatable bonds is 4. The molecule has 3 rings (SSSR count). The molecule has 21 heavy (non-hydrogen) atoms. The van der Waals surface area contributed by atoms with Gasteiger partial charge in [0.25, 0.3) is 0 Å². The lowest BCUT2D eigenvalue weighted by Crippen LogP contribution is -2.40. The number of hydrogen-bond acceptors (Lipinski definition) is 3. The number of carbonyl (C=O) groups is 1. The van der Waals surface area contributed by atoms with Crippen LogP contribution in [0, 0.1) is 17.8 Å². The van der Waals surface area contributed by atoms with Crippen molar-refractivity contribution < 1.29 is 15.0 Å². The minimum absolute atomic E-state index is 0.0182. The first-order chi connectivity index (χ1) is 10.0. The highest BCUT2D eigenvalue weighted by atomic mass is 16.3. The van der Waals surface area contributed by atoms with E-state index < -0.39 is 0 Å². The minimum Gasteiger partial charge on any atom is -0.504 e. The number of hydrogen-bond donors (Lipinski definition) is 3. The molecule has 0 spiro atoms. The normalized spacial score (nSPS) is 28.5. The van der Waals surface area contributed by atoms with E-state index in [1.54, 1.807) is 6.07 Å². The van der Waals surface area contributed by atoms with Crippen LogP contribution >= 0.6 is 0 Å². The van der Waals surface area contributed by atoms with Gasteiger partial charge in [0.05, 0.1) is 6.42 Å². The predicted molar refractivity (Wildman–Crippen MR) is 80.0 cm³/mol. The lowest BCUT2D eigenvalue weighted by atomic mass is 9.84. The zero-order valence-electron chi connectivity index (χ0n) is 12.4. The second kappa shape index (κ2) is 5.58. The second-order valence-electron chi connectivity index (χ2n) is 6.69. The molecule has 2 aliphatic rings. The van der Waals surface area contributed by atoms with Crippen LogP contribution in [0.3, 0.4) is 0 Å². The summed E-state index contributed by atoms with van der Waals surface area (Å²) in [6.07, 6.45) is 5.53. The Morgan fingerprint density at radius 3 is 2.71 bits per heavy atom. The smallest absolute Gasteiger partial charge is 0.224 e. The van der Waals surface area contributed by atoms with Crippen molar-refractivity contribution >= 4 is 5.91 Å². The number of phenols is 2. The van der Waals surface area contributed by atoms with Gasteiger partial charge in [-0.3, -0.25) is 4.79 Å². The predicted octanol–water partition coefficient (Wildman–Crippen LogP) is 2.58. The zero-order chi connectivity index (χ0) is 15.0. The molecule has 0 heterocycles. The fourth-order valence-electron chi connectivity index (χ4n) is 4.18. The Morgan fingerprint density at radius 2 is 2.10 bits per heavy atom. The van der Waals surface area contributed by atoms with Crippen LogP contribution in [0.5, 0.6) is 11.5 Å². The van der Waals surface area contributed by atoms with Gasteiger partial charge in [-0.05, 0) is 61.6 Å². The molecule has 1 aromatic carbocycles. The van der Waals surface area contributed by atoms with Gasteiger partial charge < -0.3 is 15.5 Å². The highest BCUT2D eigenvalue weighted by Gasteiger charge is 2.42. The van der Waals surface area contributed by atoms with E-state index in [9.17, 15) is 15.0 Å². The first-order valence-electron chi connectivity index (χ1n) is 7.83. The van der Waals surface area contributed by atoms with E-state index in [1.165, 1.54) is 37.8 Å². The highest BCUT2D eigenvalue weighted by molar-refractivity contribution is 5.79. The van der Waals surface area contributed by atoms with Crippen LogP contribution in [-0.2, 0) is 11.2 Å². The summed E-state index contributed by atoms with van der Waals surface area (Å²) in [7, 11) is 0. The maximum atomic E-state index is 12.1. The van der Waals surface area contributed by atoms with Crippen molar-refractivity contribution in [2.75, 3.05) is 0 Å². The van der Waals surface area contributed by atoms with Crippen LogP contribution in [-0.4, -0.2) is 22.2 Å². The zero-order valence-corrected chi connectivity index (χ0v) is 12.4. The Morgan fingerprint density at radius 1 is 1.29 bits per heavy atom. The number of fused-ring (bicyclic) bond motifs is 2. The Kier molecular flexibility index (Phi) is 3.79. The molecule has 0 aliphatic heterocycles. The summed E-state index contributed by atoms with van der Waals surface area (Å²) in [5.41, 5.74) is 0.711. The van der Waals surface area contributed by atoms with Crippen molar-refractivity contribution in [3.8, 4) is 11.5 Å². The highest BCUT2D eigenvalue weighted by Crippen LogP contribution is 2.49. The molecule has 4 heteroatoms. The largest absolute Gasteiger partial charge is 0.504 e. The monoisotopic (exact) mass is 289 g/mol. The van der Waals surface area contributed by atoms with E-state index in [0.29, 0.717) is 11.5 Å². The molecule has 0 radical (unpaired) electrons. The third-order valence-corrected chi connectivity index (χ3v) is 5.23. The molecule has 0 aromatic heterocycles. The van der Waals surface area contributed by atoms with E-state index in [2.05, 4.69) is 12.2 Å². The van der Waals surface area contributed by atoms with Crippen LogP contribution < -0.4 is 5.32 Å². The molecule has 1 aromatic rings. The minimum atomic E-state index is -0.179. The lowest BCUT2D eigenvalue weighted by molar-refractivity contribution is -0.121.